The third-order valence-electron chi connectivity index (χ3n) is 2.43. The molecule has 1 amide bonds. The number of nitrogens with zero attached hydrogens (tertiary/aromatic N) is 2. The van der Waals surface area contributed by atoms with Gasteiger partial charge in [0.1, 0.15) is 0 Å². The fraction of sp³-hybridized carbons (Fsp3) is 0.167. The van der Waals surface area contributed by atoms with E-state index in [1.807, 2.05) is 43.5 Å². The molecule has 0 unspecified atom stereocenters. The lowest BCUT2D eigenvalue weighted by Crippen LogP contribution is -2.14. The topological polar surface area (TPSA) is 60.9 Å². The Kier molecular flexibility index (Phi) is 2.72. The monoisotopic (exact) mass is 215 g/mol. The van der Waals surface area contributed by atoms with E-state index in [9.17, 15) is 4.79 Å². The summed E-state index contributed by atoms with van der Waals surface area (Å²) < 4.78 is 1.68. The van der Waals surface area contributed by atoms with Gasteiger partial charge in [0.2, 0.25) is 0 Å². The number of amides is 1. The summed E-state index contributed by atoms with van der Waals surface area (Å²) in [4.78, 5) is 11.2. The van der Waals surface area contributed by atoms with E-state index in [1.54, 1.807) is 4.68 Å². The summed E-state index contributed by atoms with van der Waals surface area (Å²) in [5.41, 5.74) is 7.41. The number of rotatable bonds is 3. The van der Waals surface area contributed by atoms with Crippen LogP contribution in [0.4, 0.5) is 0 Å². The van der Waals surface area contributed by atoms with Crippen LogP contribution in [0.5, 0.6) is 0 Å². The van der Waals surface area contributed by atoms with Crippen molar-refractivity contribution < 1.29 is 4.79 Å². The van der Waals surface area contributed by atoms with Gasteiger partial charge in [-0.25, -0.2) is 4.68 Å². The molecule has 2 N–H and O–H groups in total. The number of nitrogens with two attached hydrogens (primary N) is 1. The van der Waals surface area contributed by atoms with Crippen LogP contribution >= 0.6 is 0 Å². The molecule has 1 aromatic heterocycles. The second-order valence-corrected chi connectivity index (χ2v) is 3.50. The van der Waals surface area contributed by atoms with E-state index in [-0.39, 0.29) is 0 Å². The average Bonchev–Trinajstić information content (AvgIpc) is 2.74. The van der Waals surface area contributed by atoms with Crippen molar-refractivity contribution >= 4 is 5.91 Å². The van der Waals surface area contributed by atoms with Gasteiger partial charge in [0, 0.05) is 11.8 Å². The van der Waals surface area contributed by atoms with Crippen LogP contribution in [0.25, 0.3) is 5.69 Å². The normalized spacial score (nSPS) is 10.3. The van der Waals surface area contributed by atoms with Crippen molar-refractivity contribution in [2.24, 2.45) is 5.73 Å². The molecule has 82 valence electrons. The van der Waals surface area contributed by atoms with Crippen molar-refractivity contribution in [3.8, 4) is 5.69 Å². The number of hydrogen-bond donors (Lipinski definition) is 1. The van der Waals surface area contributed by atoms with Crippen LogP contribution in [0.3, 0.4) is 0 Å². The van der Waals surface area contributed by atoms with Gasteiger partial charge in [0.05, 0.1) is 5.69 Å². The number of carbonyl (C=O) groups excluding carboxylic acids is 1. The lowest BCUT2D eigenvalue weighted by atomic mass is 10.2. The van der Waals surface area contributed by atoms with Crippen molar-refractivity contribution in [2.45, 2.75) is 13.3 Å². The number of aryl methyl sites for hydroxylation is 1. The molecule has 0 saturated carbocycles. The molecule has 0 atom stereocenters. The number of primary amides is 1. The van der Waals surface area contributed by atoms with Gasteiger partial charge < -0.3 is 5.73 Å². The first kappa shape index (κ1) is 10.4. The minimum absolute atomic E-state index is 0.353. The molecular weight excluding hydrogens is 202 g/mol. The van der Waals surface area contributed by atoms with Crippen LogP contribution in [-0.2, 0) is 6.42 Å². The smallest absolute Gasteiger partial charge is 0.269 e. The Hall–Kier alpha value is -2.10. The van der Waals surface area contributed by atoms with Crippen LogP contribution in [0, 0.1) is 0 Å². The Morgan fingerprint density at radius 2 is 2.06 bits per heavy atom. The number of para-hydroxylation sites is 1. The highest BCUT2D eigenvalue weighted by molar-refractivity contribution is 5.92. The van der Waals surface area contributed by atoms with Gasteiger partial charge >= 0.3 is 0 Å². The zero-order valence-electron chi connectivity index (χ0n) is 9.05. The van der Waals surface area contributed by atoms with Crippen LogP contribution in [-0.4, -0.2) is 15.7 Å². The van der Waals surface area contributed by atoms with E-state index in [4.69, 9.17) is 5.73 Å². The lowest BCUT2D eigenvalue weighted by molar-refractivity contribution is 0.0994. The molecule has 0 aliphatic carbocycles. The molecule has 1 heterocycles. The Morgan fingerprint density at radius 3 is 2.56 bits per heavy atom. The van der Waals surface area contributed by atoms with Gasteiger partial charge in [-0.3, -0.25) is 4.79 Å². The van der Waals surface area contributed by atoms with Crippen molar-refractivity contribution in [1.82, 2.24) is 9.78 Å². The summed E-state index contributed by atoms with van der Waals surface area (Å²) >= 11 is 0. The third kappa shape index (κ3) is 1.82. The first-order valence-corrected chi connectivity index (χ1v) is 5.16. The zero-order chi connectivity index (χ0) is 11.5. The van der Waals surface area contributed by atoms with Gasteiger partial charge in [-0.1, -0.05) is 25.1 Å². The van der Waals surface area contributed by atoms with Gasteiger partial charge in [-0.05, 0) is 18.6 Å². The van der Waals surface area contributed by atoms with Crippen LogP contribution in [0.15, 0.2) is 36.5 Å². The van der Waals surface area contributed by atoms with E-state index in [2.05, 4.69) is 5.10 Å². The summed E-state index contributed by atoms with van der Waals surface area (Å²) in [6.07, 6.45) is 2.58. The molecule has 0 aliphatic rings. The Labute approximate surface area is 93.7 Å². The second kappa shape index (κ2) is 4.18. The number of benzene rings is 1. The second-order valence-electron chi connectivity index (χ2n) is 3.50. The first-order valence-electron chi connectivity index (χ1n) is 5.16. The molecule has 1 aromatic carbocycles. The predicted molar refractivity (Wildman–Crippen MR) is 61.5 cm³/mol. The minimum atomic E-state index is -0.480. The van der Waals surface area contributed by atoms with Crippen LogP contribution < -0.4 is 5.73 Å². The van der Waals surface area contributed by atoms with Gasteiger partial charge in [0.15, 0.2) is 5.69 Å². The van der Waals surface area contributed by atoms with Crippen LogP contribution in [0.2, 0.25) is 0 Å². The maximum absolute atomic E-state index is 11.2. The fourth-order valence-corrected chi connectivity index (χ4v) is 1.59. The molecule has 16 heavy (non-hydrogen) atoms. The molecule has 0 bridgehead atoms. The first-order chi connectivity index (χ1) is 7.72. The molecule has 4 nitrogen and oxygen atoms in total. The summed E-state index contributed by atoms with van der Waals surface area (Å²) in [5.74, 6) is -0.480. The van der Waals surface area contributed by atoms with E-state index < -0.39 is 5.91 Å². The molecule has 0 radical (unpaired) electrons. The van der Waals surface area contributed by atoms with Crippen molar-refractivity contribution in [1.29, 1.82) is 0 Å². The molecule has 0 saturated heterocycles. The summed E-state index contributed by atoms with van der Waals surface area (Å²) in [6.45, 7) is 1.97. The predicted octanol–water partition coefficient (Wildman–Crippen LogP) is 1.53. The van der Waals surface area contributed by atoms with E-state index in [1.165, 1.54) is 0 Å². The van der Waals surface area contributed by atoms with Crippen molar-refractivity contribution in [2.75, 3.05) is 0 Å². The molecule has 0 fully saturated rings. The number of carbonyl (C=O) groups is 1. The largest absolute Gasteiger partial charge is 0.364 e. The maximum atomic E-state index is 11.2. The van der Waals surface area contributed by atoms with E-state index in [0.717, 1.165) is 17.7 Å². The molecule has 0 spiro atoms. The highest BCUT2D eigenvalue weighted by Crippen LogP contribution is 2.12. The molecule has 4 heteroatoms. The highest BCUT2D eigenvalue weighted by atomic mass is 16.1. The molecular formula is C12H13N3O. The minimum Gasteiger partial charge on any atom is -0.364 e. The number of hydrogen-bond acceptors (Lipinski definition) is 2. The summed E-state index contributed by atoms with van der Waals surface area (Å²) in [6, 6.07) is 9.64. The average molecular weight is 215 g/mol. The SMILES string of the molecule is CCc1cn(-c2ccccc2)nc1C(N)=O. The van der Waals surface area contributed by atoms with Crippen molar-refractivity contribution in [3.05, 3.63) is 47.8 Å². The zero-order valence-corrected chi connectivity index (χ0v) is 9.05. The highest BCUT2D eigenvalue weighted by Gasteiger charge is 2.12. The van der Waals surface area contributed by atoms with Crippen molar-refractivity contribution in [3.63, 3.8) is 0 Å². The third-order valence-corrected chi connectivity index (χ3v) is 2.43. The quantitative estimate of drug-likeness (QED) is 0.844. The van der Waals surface area contributed by atoms with Gasteiger partial charge in [-0.15, -0.1) is 0 Å². The molecule has 2 aromatic rings. The fourth-order valence-electron chi connectivity index (χ4n) is 1.59. The van der Waals surface area contributed by atoms with E-state index >= 15 is 0 Å². The summed E-state index contributed by atoms with van der Waals surface area (Å²) in [7, 11) is 0. The maximum Gasteiger partial charge on any atom is 0.269 e. The summed E-state index contributed by atoms with van der Waals surface area (Å²) in [5, 5.41) is 4.19. The molecule has 0 aliphatic heterocycles. The van der Waals surface area contributed by atoms with Gasteiger partial charge in [-0.2, -0.15) is 5.10 Å². The Morgan fingerprint density at radius 1 is 1.38 bits per heavy atom. The number of aromatic nitrogens is 2. The van der Waals surface area contributed by atoms with Crippen LogP contribution in [0.1, 0.15) is 23.0 Å². The Bertz CT molecular complexity index is 502. The standard InChI is InChI=1S/C12H13N3O/c1-2-9-8-15(14-11(9)12(13)16)10-6-4-3-5-7-10/h3-8H,2H2,1H3,(H2,13,16). The Balaban J connectivity index is 2.48. The lowest BCUT2D eigenvalue weighted by Gasteiger charge is -1.98. The van der Waals surface area contributed by atoms with E-state index in [0.29, 0.717) is 5.69 Å². The molecule has 2 rings (SSSR count). The van der Waals surface area contributed by atoms with Gasteiger partial charge in [0.25, 0.3) is 5.91 Å².